The predicted molar refractivity (Wildman–Crippen MR) is 84.5 cm³/mol. The van der Waals surface area contributed by atoms with Crippen molar-refractivity contribution in [1.29, 1.82) is 0 Å². The van der Waals surface area contributed by atoms with E-state index in [0.29, 0.717) is 5.75 Å². The Kier molecular flexibility index (Phi) is 7.87. The number of methoxy groups -OCH3 is 1. The van der Waals surface area contributed by atoms with Crippen molar-refractivity contribution in [3.8, 4) is 5.75 Å². The number of hydroxylamine groups is 2. The van der Waals surface area contributed by atoms with E-state index in [1.54, 1.807) is 0 Å². The number of hydrogen-bond acceptors (Lipinski definition) is 5. The lowest BCUT2D eigenvalue weighted by molar-refractivity contribution is -0.194. The Bertz CT molecular complexity index is 448. The first-order chi connectivity index (χ1) is 10.5. The molecule has 1 unspecified atom stereocenters. The highest BCUT2D eigenvalue weighted by Gasteiger charge is 2.23. The summed E-state index contributed by atoms with van der Waals surface area (Å²) in [5.41, 5.74) is 1.24. The predicted octanol–water partition coefficient (Wildman–Crippen LogP) is 1.55. The van der Waals surface area contributed by atoms with Gasteiger partial charge in [0.15, 0.2) is 0 Å². The smallest absolute Gasteiger partial charge is 0.315 e. The molecule has 0 fully saturated rings. The molecule has 0 radical (unpaired) electrons. The van der Waals surface area contributed by atoms with Crippen molar-refractivity contribution < 1.29 is 19.1 Å². The molecule has 0 saturated heterocycles. The molecule has 6 nitrogen and oxygen atoms in total. The maximum absolute atomic E-state index is 11.9. The first-order valence-corrected chi connectivity index (χ1v) is 7.22. The van der Waals surface area contributed by atoms with Crippen LogP contribution in [0.25, 0.3) is 0 Å². The van der Waals surface area contributed by atoms with Crippen LogP contribution in [0.4, 0.5) is 0 Å². The Morgan fingerprint density at radius 1 is 1.14 bits per heavy atom. The molecule has 0 saturated carbocycles. The second kappa shape index (κ2) is 9.40. The number of carbonyl (C=O) groups excluding carboxylic acids is 1. The van der Waals surface area contributed by atoms with E-state index >= 15 is 0 Å². The largest absolute Gasteiger partial charge is 0.455 e. The number of amides is 1. The molecule has 1 amide bonds. The van der Waals surface area contributed by atoms with Crippen molar-refractivity contribution >= 4 is 5.91 Å². The second-order valence-electron chi connectivity index (χ2n) is 5.25. The van der Waals surface area contributed by atoms with Crippen molar-refractivity contribution in [2.75, 3.05) is 41.9 Å². The van der Waals surface area contributed by atoms with Crippen molar-refractivity contribution in [1.82, 2.24) is 9.96 Å². The molecule has 6 heteroatoms. The molecule has 0 aliphatic heterocycles. The lowest BCUT2D eigenvalue weighted by atomic mass is 10.1. The summed E-state index contributed by atoms with van der Waals surface area (Å²) in [5, 5.41) is 1.07. The summed E-state index contributed by atoms with van der Waals surface area (Å²) in [5.74, 6) is 0.182. The van der Waals surface area contributed by atoms with Crippen molar-refractivity contribution in [2.24, 2.45) is 0 Å². The molecule has 0 aromatic heterocycles. The van der Waals surface area contributed by atoms with Crippen molar-refractivity contribution in [3.05, 3.63) is 29.8 Å². The Hall–Kier alpha value is -1.63. The molecule has 0 aliphatic carbocycles. The second-order valence-corrected chi connectivity index (χ2v) is 5.25. The van der Waals surface area contributed by atoms with Gasteiger partial charge in [-0.25, -0.2) is 5.06 Å². The van der Waals surface area contributed by atoms with Gasteiger partial charge in [0.1, 0.15) is 5.75 Å². The number of carbonyl (C=O) groups is 1. The molecule has 1 aromatic carbocycles. The average molecular weight is 310 g/mol. The molecular weight excluding hydrogens is 284 g/mol. The zero-order chi connectivity index (χ0) is 16.5. The zero-order valence-electron chi connectivity index (χ0n) is 14.0. The number of nitrogens with zero attached hydrogens (tertiary/aromatic N) is 2. The number of rotatable bonds is 9. The summed E-state index contributed by atoms with van der Waals surface area (Å²) >= 11 is 0. The Balaban J connectivity index is 2.56. The zero-order valence-corrected chi connectivity index (χ0v) is 14.0. The maximum Gasteiger partial charge on any atom is 0.315 e. The van der Waals surface area contributed by atoms with Gasteiger partial charge in [0.05, 0.1) is 7.11 Å². The van der Waals surface area contributed by atoms with Crippen LogP contribution in [0.5, 0.6) is 5.75 Å². The van der Waals surface area contributed by atoms with Gasteiger partial charge in [0, 0.05) is 14.2 Å². The van der Waals surface area contributed by atoms with E-state index in [0.717, 1.165) is 24.4 Å². The summed E-state index contributed by atoms with van der Waals surface area (Å²) < 4.78 is 10.6. The number of benzene rings is 1. The average Bonchev–Trinajstić information content (AvgIpc) is 2.52. The van der Waals surface area contributed by atoms with Crippen LogP contribution < -0.4 is 4.74 Å². The first-order valence-electron chi connectivity index (χ1n) is 7.22. The van der Waals surface area contributed by atoms with Crippen LogP contribution in [-0.4, -0.2) is 64.1 Å². The van der Waals surface area contributed by atoms with Crippen LogP contribution in [0.1, 0.15) is 12.0 Å². The van der Waals surface area contributed by atoms with E-state index in [1.807, 2.05) is 24.3 Å². The number of ether oxygens (including phenoxy) is 2. The SMILES string of the molecule is COC(Oc1ccc(CCCN(C)C)cc1)C(=O)N(C)OC. The highest BCUT2D eigenvalue weighted by Crippen LogP contribution is 2.16. The van der Waals surface area contributed by atoms with E-state index in [4.69, 9.17) is 14.3 Å². The summed E-state index contributed by atoms with van der Waals surface area (Å²) in [7, 11) is 8.46. The molecule has 1 rings (SSSR count). The summed E-state index contributed by atoms with van der Waals surface area (Å²) in [4.78, 5) is 18.9. The molecule has 0 spiro atoms. The minimum absolute atomic E-state index is 0.403. The molecular formula is C16H26N2O4. The highest BCUT2D eigenvalue weighted by molar-refractivity contribution is 5.78. The maximum atomic E-state index is 11.9. The Morgan fingerprint density at radius 2 is 1.77 bits per heavy atom. The minimum Gasteiger partial charge on any atom is -0.455 e. The van der Waals surface area contributed by atoms with E-state index in [-0.39, 0.29) is 0 Å². The Labute approximate surface area is 132 Å². The Morgan fingerprint density at radius 3 is 2.27 bits per heavy atom. The third-order valence-corrected chi connectivity index (χ3v) is 3.24. The fourth-order valence-electron chi connectivity index (χ4n) is 1.90. The van der Waals surface area contributed by atoms with Gasteiger partial charge in [-0.05, 0) is 51.2 Å². The van der Waals surface area contributed by atoms with Gasteiger partial charge in [-0.1, -0.05) is 12.1 Å². The summed E-state index contributed by atoms with van der Waals surface area (Å²) in [6.07, 6.45) is 1.09. The summed E-state index contributed by atoms with van der Waals surface area (Å²) in [6, 6.07) is 7.69. The van der Waals surface area contributed by atoms with Crippen LogP contribution in [0.15, 0.2) is 24.3 Å². The summed E-state index contributed by atoms with van der Waals surface area (Å²) in [6.45, 7) is 1.06. The van der Waals surface area contributed by atoms with E-state index < -0.39 is 12.2 Å². The molecule has 1 atom stereocenters. The lowest BCUT2D eigenvalue weighted by Gasteiger charge is -2.21. The van der Waals surface area contributed by atoms with Gasteiger partial charge in [0.25, 0.3) is 6.29 Å². The van der Waals surface area contributed by atoms with Crippen molar-refractivity contribution in [2.45, 2.75) is 19.1 Å². The third kappa shape index (κ3) is 6.01. The van der Waals surface area contributed by atoms with Crippen molar-refractivity contribution in [3.63, 3.8) is 0 Å². The van der Waals surface area contributed by atoms with Gasteiger partial charge < -0.3 is 14.4 Å². The highest BCUT2D eigenvalue weighted by atomic mass is 16.7. The molecule has 0 aliphatic rings. The van der Waals surface area contributed by atoms with Gasteiger partial charge >= 0.3 is 5.91 Å². The van der Waals surface area contributed by atoms with Crippen LogP contribution in [0, 0.1) is 0 Å². The fraction of sp³-hybridized carbons (Fsp3) is 0.562. The third-order valence-electron chi connectivity index (χ3n) is 3.24. The molecule has 0 bridgehead atoms. The van der Waals surface area contributed by atoms with Gasteiger partial charge in [-0.2, -0.15) is 0 Å². The normalized spacial score (nSPS) is 12.3. The van der Waals surface area contributed by atoms with Crippen LogP contribution >= 0.6 is 0 Å². The fourth-order valence-corrected chi connectivity index (χ4v) is 1.90. The number of aryl methyl sites for hydroxylation is 1. The number of hydrogen-bond donors (Lipinski definition) is 0. The quantitative estimate of drug-likeness (QED) is 0.512. The van der Waals surface area contributed by atoms with E-state index in [1.165, 1.54) is 26.8 Å². The van der Waals surface area contributed by atoms with Gasteiger partial charge in [-0.3, -0.25) is 9.63 Å². The van der Waals surface area contributed by atoms with Gasteiger partial charge in [-0.15, -0.1) is 0 Å². The molecule has 1 aromatic rings. The number of likely N-dealkylation sites (N-methyl/N-ethyl adjacent to an activating group) is 1. The van der Waals surface area contributed by atoms with E-state index in [2.05, 4.69) is 19.0 Å². The molecule has 0 heterocycles. The molecule has 22 heavy (non-hydrogen) atoms. The monoisotopic (exact) mass is 310 g/mol. The minimum atomic E-state index is -1.02. The standard InChI is InChI=1S/C16H26N2O4/c1-17(2)12-6-7-13-8-10-14(11-9-13)22-16(20-4)15(19)18(3)21-5/h8-11,16H,6-7,12H2,1-5H3. The lowest BCUT2D eigenvalue weighted by Crippen LogP contribution is -2.40. The van der Waals surface area contributed by atoms with Crippen LogP contribution in [0.3, 0.4) is 0 Å². The van der Waals surface area contributed by atoms with Crippen LogP contribution in [0.2, 0.25) is 0 Å². The van der Waals surface area contributed by atoms with Gasteiger partial charge in [0.2, 0.25) is 0 Å². The molecule has 124 valence electrons. The van der Waals surface area contributed by atoms with E-state index in [9.17, 15) is 4.79 Å². The van der Waals surface area contributed by atoms with Crippen LogP contribution in [-0.2, 0) is 20.8 Å². The first kappa shape index (κ1) is 18.4. The molecule has 0 N–H and O–H groups in total. The topological polar surface area (TPSA) is 51.2 Å².